The molecule has 3 heterocycles. The highest BCUT2D eigenvalue weighted by molar-refractivity contribution is 7.12. The van der Waals surface area contributed by atoms with E-state index in [9.17, 15) is 9.90 Å². The Labute approximate surface area is 159 Å². The van der Waals surface area contributed by atoms with Gasteiger partial charge in [-0.2, -0.15) is 4.98 Å². The highest BCUT2D eigenvalue weighted by atomic mass is 32.1. The third-order valence-electron chi connectivity index (χ3n) is 4.16. The van der Waals surface area contributed by atoms with Gasteiger partial charge in [0, 0.05) is 23.0 Å². The average molecular weight is 379 g/mol. The molecule has 0 fully saturated rings. The Morgan fingerprint density at radius 1 is 1.26 bits per heavy atom. The van der Waals surface area contributed by atoms with Gasteiger partial charge in [0.15, 0.2) is 5.65 Å². The van der Waals surface area contributed by atoms with Gasteiger partial charge in [-0.15, -0.1) is 16.4 Å². The number of benzene rings is 1. The number of amides is 1. The minimum atomic E-state index is -0.665. The number of nitrogens with one attached hydrogen (secondary N) is 1. The van der Waals surface area contributed by atoms with Gasteiger partial charge in [0.1, 0.15) is 0 Å². The van der Waals surface area contributed by atoms with Crippen molar-refractivity contribution in [1.82, 2.24) is 14.6 Å². The van der Waals surface area contributed by atoms with Gasteiger partial charge in [-0.3, -0.25) is 4.79 Å². The number of rotatable bonds is 4. The second-order valence-electron chi connectivity index (χ2n) is 6.11. The Morgan fingerprint density at radius 2 is 2.07 bits per heavy atom. The van der Waals surface area contributed by atoms with Gasteiger partial charge in [-0.1, -0.05) is 18.2 Å². The van der Waals surface area contributed by atoms with Crippen molar-refractivity contribution in [1.29, 1.82) is 0 Å². The first-order chi connectivity index (χ1) is 13.0. The van der Waals surface area contributed by atoms with Crippen molar-refractivity contribution in [3.63, 3.8) is 0 Å². The predicted molar refractivity (Wildman–Crippen MR) is 106 cm³/mol. The Morgan fingerprint density at radius 3 is 2.89 bits per heavy atom. The lowest BCUT2D eigenvalue weighted by atomic mass is 10.1. The van der Waals surface area contributed by atoms with Crippen molar-refractivity contribution >= 4 is 34.5 Å². The second-order valence-corrected chi connectivity index (χ2v) is 7.02. The number of anilines is 2. The molecule has 0 saturated heterocycles. The Balaban J connectivity index is 1.59. The van der Waals surface area contributed by atoms with Crippen molar-refractivity contribution in [2.45, 2.75) is 13.0 Å². The lowest BCUT2D eigenvalue weighted by Gasteiger charge is -2.12. The topological polar surface area (TPSA) is 106 Å². The third-order valence-corrected chi connectivity index (χ3v) is 5.09. The summed E-state index contributed by atoms with van der Waals surface area (Å²) in [5.74, 6) is -0.000240. The minimum Gasteiger partial charge on any atom is -0.389 e. The molecule has 0 radical (unpaired) electrons. The molecule has 136 valence electrons. The lowest BCUT2D eigenvalue weighted by Crippen LogP contribution is -2.12. The predicted octanol–water partition coefficient (Wildman–Crippen LogP) is 3.35. The zero-order valence-electron chi connectivity index (χ0n) is 14.5. The zero-order chi connectivity index (χ0) is 19.0. The number of fused-ring (bicyclic) bond motifs is 1. The second kappa shape index (κ2) is 6.82. The van der Waals surface area contributed by atoms with Crippen molar-refractivity contribution in [3.8, 4) is 11.1 Å². The zero-order valence-corrected chi connectivity index (χ0v) is 15.3. The molecule has 4 N–H and O–H groups in total. The number of thiophene rings is 1. The molecule has 8 heteroatoms. The number of hydrogen-bond acceptors (Lipinski definition) is 6. The molecule has 4 rings (SSSR count). The number of nitrogen functional groups attached to an aromatic ring is 1. The van der Waals surface area contributed by atoms with Crippen LogP contribution in [0, 0.1) is 0 Å². The van der Waals surface area contributed by atoms with Gasteiger partial charge in [-0.05, 0) is 42.1 Å². The summed E-state index contributed by atoms with van der Waals surface area (Å²) in [4.78, 5) is 17.3. The maximum Gasteiger partial charge on any atom is 0.265 e. The van der Waals surface area contributed by atoms with E-state index in [4.69, 9.17) is 5.73 Å². The first-order valence-electron chi connectivity index (χ1n) is 8.30. The fourth-order valence-electron chi connectivity index (χ4n) is 2.84. The number of pyridine rings is 1. The molecule has 0 aliphatic carbocycles. The monoisotopic (exact) mass is 379 g/mol. The number of aliphatic hydroxyl groups is 1. The normalized spacial score (nSPS) is 12.2. The van der Waals surface area contributed by atoms with Gasteiger partial charge < -0.3 is 16.2 Å². The Kier molecular flexibility index (Phi) is 4.35. The van der Waals surface area contributed by atoms with Crippen molar-refractivity contribution in [2.24, 2.45) is 0 Å². The minimum absolute atomic E-state index is 0.217. The largest absolute Gasteiger partial charge is 0.389 e. The van der Waals surface area contributed by atoms with E-state index < -0.39 is 6.10 Å². The summed E-state index contributed by atoms with van der Waals surface area (Å²) < 4.78 is 1.61. The van der Waals surface area contributed by atoms with Crippen molar-refractivity contribution in [2.75, 3.05) is 11.1 Å². The molecule has 0 bridgehead atoms. The fraction of sp³-hybridized carbons (Fsp3) is 0.105. The molecule has 1 amide bonds. The van der Waals surface area contributed by atoms with Gasteiger partial charge in [0.25, 0.3) is 5.91 Å². The van der Waals surface area contributed by atoms with Crippen LogP contribution in [0.25, 0.3) is 16.8 Å². The molecule has 1 unspecified atom stereocenters. The van der Waals surface area contributed by atoms with E-state index in [1.165, 1.54) is 11.3 Å². The number of nitrogens with two attached hydrogens (primary N) is 1. The van der Waals surface area contributed by atoms with Crippen LogP contribution in [0.3, 0.4) is 0 Å². The van der Waals surface area contributed by atoms with Crippen LogP contribution in [-0.4, -0.2) is 25.6 Å². The molecule has 0 aliphatic heterocycles. The smallest absolute Gasteiger partial charge is 0.265 e. The van der Waals surface area contributed by atoms with Crippen LogP contribution in [0.1, 0.15) is 28.3 Å². The SMILES string of the molecule is CC(O)c1ccccc1NC(=O)c1cc(-c2ccc3nc(N)nn3c2)cs1. The van der Waals surface area contributed by atoms with Crippen LogP contribution in [-0.2, 0) is 0 Å². The highest BCUT2D eigenvalue weighted by Crippen LogP contribution is 2.28. The first-order valence-corrected chi connectivity index (χ1v) is 9.18. The molecule has 0 saturated carbocycles. The molecule has 1 aromatic carbocycles. The molecule has 0 aliphatic rings. The maximum absolute atomic E-state index is 12.6. The number of aromatic nitrogens is 3. The van der Waals surface area contributed by atoms with E-state index in [-0.39, 0.29) is 11.9 Å². The molecule has 4 aromatic rings. The van der Waals surface area contributed by atoms with E-state index in [2.05, 4.69) is 15.4 Å². The van der Waals surface area contributed by atoms with E-state index >= 15 is 0 Å². The van der Waals surface area contributed by atoms with E-state index in [1.807, 2.05) is 41.9 Å². The van der Waals surface area contributed by atoms with E-state index in [1.54, 1.807) is 23.6 Å². The fourth-order valence-corrected chi connectivity index (χ4v) is 3.65. The van der Waals surface area contributed by atoms with E-state index in [0.717, 1.165) is 11.1 Å². The maximum atomic E-state index is 12.6. The van der Waals surface area contributed by atoms with Crippen LogP contribution in [0.4, 0.5) is 11.6 Å². The van der Waals surface area contributed by atoms with Crippen LogP contribution in [0.2, 0.25) is 0 Å². The average Bonchev–Trinajstić information content (AvgIpc) is 3.27. The van der Waals surface area contributed by atoms with Crippen LogP contribution in [0.15, 0.2) is 54.0 Å². The summed E-state index contributed by atoms with van der Waals surface area (Å²) in [6, 6.07) is 12.8. The number of nitrogens with zero attached hydrogens (tertiary/aromatic N) is 3. The van der Waals surface area contributed by atoms with Crippen LogP contribution >= 0.6 is 11.3 Å². The quantitative estimate of drug-likeness (QED) is 0.504. The van der Waals surface area contributed by atoms with Gasteiger partial charge in [-0.25, -0.2) is 4.52 Å². The molecule has 3 aromatic heterocycles. The van der Waals surface area contributed by atoms with Crippen LogP contribution in [0.5, 0.6) is 0 Å². The summed E-state index contributed by atoms with van der Waals surface area (Å²) in [5.41, 5.74) is 9.38. The Bertz CT molecular complexity index is 1130. The summed E-state index contributed by atoms with van der Waals surface area (Å²) in [7, 11) is 0. The van der Waals surface area contributed by atoms with Gasteiger partial charge in [0.2, 0.25) is 5.95 Å². The molecular weight excluding hydrogens is 362 g/mol. The number of para-hydroxylation sites is 1. The number of carbonyl (C=O) groups excluding carboxylic acids is 1. The van der Waals surface area contributed by atoms with Crippen molar-refractivity contribution < 1.29 is 9.90 Å². The van der Waals surface area contributed by atoms with Gasteiger partial charge >= 0.3 is 0 Å². The standard InChI is InChI=1S/C19H17N5O2S/c1-11(25)14-4-2-3-5-15(14)21-18(26)16-8-13(10-27-16)12-6-7-17-22-19(20)23-24(17)9-12/h2-11,25H,1H3,(H2,20,23)(H,21,26). The first kappa shape index (κ1) is 17.2. The molecule has 27 heavy (non-hydrogen) atoms. The molecular formula is C19H17N5O2S. The van der Waals surface area contributed by atoms with E-state index in [0.29, 0.717) is 21.8 Å². The summed E-state index contributed by atoms with van der Waals surface area (Å²) in [6.07, 6.45) is 1.16. The number of carbonyl (C=O) groups is 1. The molecule has 7 nitrogen and oxygen atoms in total. The number of hydrogen-bond donors (Lipinski definition) is 3. The highest BCUT2D eigenvalue weighted by Gasteiger charge is 2.14. The molecule has 0 spiro atoms. The summed E-state index contributed by atoms with van der Waals surface area (Å²) >= 11 is 1.35. The lowest BCUT2D eigenvalue weighted by molar-refractivity contribution is 0.103. The summed E-state index contributed by atoms with van der Waals surface area (Å²) in [6.45, 7) is 1.67. The Hall–Kier alpha value is -3.23. The molecule has 1 atom stereocenters. The van der Waals surface area contributed by atoms with Crippen molar-refractivity contribution in [3.05, 3.63) is 64.5 Å². The number of aliphatic hydroxyl groups excluding tert-OH is 1. The van der Waals surface area contributed by atoms with Crippen LogP contribution < -0.4 is 11.1 Å². The third kappa shape index (κ3) is 3.40. The van der Waals surface area contributed by atoms with Gasteiger partial charge in [0.05, 0.1) is 11.0 Å². The summed E-state index contributed by atoms with van der Waals surface area (Å²) in [5, 5.41) is 18.8.